The predicted octanol–water partition coefficient (Wildman–Crippen LogP) is 4.18. The third kappa shape index (κ3) is 4.04. The van der Waals surface area contributed by atoms with Gasteiger partial charge in [-0.1, -0.05) is 51.1 Å². The second kappa shape index (κ2) is 7.18. The Morgan fingerprint density at radius 3 is 1.91 bits per heavy atom. The maximum Gasteiger partial charge on any atom is 0.475 e. The zero-order valence-electron chi connectivity index (χ0n) is 13.7. The Bertz CT molecular complexity index is 577. The van der Waals surface area contributed by atoms with Gasteiger partial charge < -0.3 is 0 Å². The summed E-state index contributed by atoms with van der Waals surface area (Å²) in [5.74, 6) is -0.930. The van der Waals surface area contributed by atoms with E-state index < -0.39 is 31.0 Å². The Morgan fingerprint density at radius 1 is 1.09 bits per heavy atom. The Balaban J connectivity index is 3.63. The molecule has 0 spiro atoms. The van der Waals surface area contributed by atoms with E-state index in [1.807, 2.05) is 0 Å². The predicted molar refractivity (Wildman–Crippen MR) is 81.3 cm³/mol. The average Bonchev–Trinajstić information content (AvgIpc) is 2.51. The Morgan fingerprint density at radius 2 is 1.57 bits per heavy atom. The molecule has 0 fully saturated rings. The van der Waals surface area contributed by atoms with Crippen LogP contribution in [-0.2, 0) is 28.5 Å². The minimum atomic E-state index is -4.35. The Hall–Kier alpha value is -1.14. The first-order chi connectivity index (χ1) is 10.5. The van der Waals surface area contributed by atoms with Crippen LogP contribution in [0.3, 0.4) is 0 Å². The van der Waals surface area contributed by atoms with E-state index in [0.717, 1.165) is 14.2 Å². The fraction of sp³-hybridized carbons (Fsp3) is 0.533. The van der Waals surface area contributed by atoms with E-state index >= 15 is 0 Å². The van der Waals surface area contributed by atoms with Gasteiger partial charge in [0.2, 0.25) is 5.60 Å². The summed E-state index contributed by atoms with van der Waals surface area (Å²) >= 11 is 0. The number of halogens is 2. The molecule has 0 aliphatic rings. The number of phosphoric acid groups is 1. The van der Waals surface area contributed by atoms with Crippen LogP contribution >= 0.6 is 7.82 Å². The minimum Gasteiger partial charge on any atom is -0.295 e. The van der Waals surface area contributed by atoms with E-state index in [0.29, 0.717) is 0 Å². The van der Waals surface area contributed by atoms with Crippen LogP contribution < -0.4 is 0 Å². The highest BCUT2D eigenvalue weighted by atomic mass is 31.2. The number of ketones is 1. The van der Waals surface area contributed by atoms with Gasteiger partial charge in [-0.2, -0.15) is 0 Å². The lowest BCUT2D eigenvalue weighted by atomic mass is 9.77. The van der Waals surface area contributed by atoms with Crippen molar-refractivity contribution in [2.75, 3.05) is 14.2 Å². The van der Waals surface area contributed by atoms with E-state index in [-0.39, 0.29) is 5.56 Å². The molecule has 0 N–H and O–H groups in total. The molecule has 0 radical (unpaired) electrons. The van der Waals surface area contributed by atoms with Gasteiger partial charge in [-0.3, -0.25) is 18.4 Å². The van der Waals surface area contributed by atoms with E-state index in [1.165, 1.54) is 45.0 Å². The molecule has 0 amide bonds. The number of Topliss-reactive ketones (excluding diaryl/α,β-unsaturated/α-hetero) is 1. The molecule has 1 aromatic carbocycles. The van der Waals surface area contributed by atoms with Crippen molar-refractivity contribution >= 4 is 13.6 Å². The summed E-state index contributed by atoms with van der Waals surface area (Å²) in [4.78, 5) is 12.8. The van der Waals surface area contributed by atoms with Gasteiger partial charge in [0.15, 0.2) is 5.78 Å². The van der Waals surface area contributed by atoms with Crippen LogP contribution in [0.4, 0.5) is 8.78 Å². The summed E-state index contributed by atoms with van der Waals surface area (Å²) in [6.45, 7) is 4.43. The summed E-state index contributed by atoms with van der Waals surface area (Å²) in [5.41, 5.74) is -4.07. The fourth-order valence-corrected chi connectivity index (χ4v) is 2.98. The first kappa shape index (κ1) is 19.9. The molecule has 1 rings (SSSR count). The van der Waals surface area contributed by atoms with Gasteiger partial charge in [-0.15, -0.1) is 0 Å². The molecule has 1 atom stereocenters. The third-order valence-electron chi connectivity index (χ3n) is 3.23. The molecule has 0 aliphatic heterocycles. The first-order valence-corrected chi connectivity index (χ1v) is 8.30. The molecule has 0 saturated heterocycles. The van der Waals surface area contributed by atoms with Crippen molar-refractivity contribution in [1.29, 1.82) is 0 Å². The molecule has 1 unspecified atom stereocenters. The number of phosphoric ester groups is 1. The van der Waals surface area contributed by atoms with Crippen molar-refractivity contribution in [3.8, 4) is 0 Å². The van der Waals surface area contributed by atoms with Crippen molar-refractivity contribution in [2.24, 2.45) is 5.41 Å². The lowest BCUT2D eigenvalue weighted by Crippen LogP contribution is -2.50. The molecule has 130 valence electrons. The van der Waals surface area contributed by atoms with Crippen molar-refractivity contribution in [3.05, 3.63) is 35.9 Å². The van der Waals surface area contributed by atoms with Gasteiger partial charge in [-0.25, -0.2) is 13.3 Å². The molecule has 0 heterocycles. The van der Waals surface area contributed by atoms with Gasteiger partial charge in [0.1, 0.15) is 0 Å². The molecule has 0 bridgehead atoms. The normalized spacial score (nSPS) is 15.5. The van der Waals surface area contributed by atoms with Crippen LogP contribution in [0.5, 0.6) is 0 Å². The number of hydrogen-bond acceptors (Lipinski definition) is 5. The van der Waals surface area contributed by atoms with Gasteiger partial charge in [0, 0.05) is 19.6 Å². The largest absolute Gasteiger partial charge is 0.475 e. The summed E-state index contributed by atoms with van der Waals surface area (Å²) in [7, 11) is -2.36. The Kier molecular flexibility index (Phi) is 6.21. The summed E-state index contributed by atoms with van der Waals surface area (Å²) in [5, 5.41) is 0. The third-order valence-corrected chi connectivity index (χ3v) is 4.64. The van der Waals surface area contributed by atoms with E-state index in [4.69, 9.17) is 4.52 Å². The van der Waals surface area contributed by atoms with Crippen LogP contribution in [0.15, 0.2) is 30.3 Å². The lowest BCUT2D eigenvalue weighted by molar-refractivity contribution is -0.164. The number of carbonyl (C=O) groups is 1. The zero-order chi connectivity index (χ0) is 17.9. The van der Waals surface area contributed by atoms with Gasteiger partial charge in [-0.05, 0) is 5.56 Å². The lowest BCUT2D eigenvalue weighted by Gasteiger charge is -2.37. The number of alkyl halides is 2. The number of benzene rings is 1. The molecule has 8 heteroatoms. The minimum absolute atomic E-state index is 0.121. The topological polar surface area (TPSA) is 61.8 Å². The first-order valence-electron chi connectivity index (χ1n) is 6.84. The highest BCUT2D eigenvalue weighted by Gasteiger charge is 2.57. The van der Waals surface area contributed by atoms with Crippen LogP contribution in [0.25, 0.3) is 0 Å². The molecule has 0 aliphatic carbocycles. The maximum atomic E-state index is 14.0. The highest BCUT2D eigenvalue weighted by molar-refractivity contribution is 7.48. The van der Waals surface area contributed by atoms with Crippen molar-refractivity contribution in [3.63, 3.8) is 0 Å². The quantitative estimate of drug-likeness (QED) is 0.691. The van der Waals surface area contributed by atoms with Crippen LogP contribution in [-0.4, -0.2) is 26.4 Å². The molecule has 5 nitrogen and oxygen atoms in total. The van der Waals surface area contributed by atoms with E-state index in [9.17, 15) is 18.1 Å². The molecular weight excluding hydrogens is 329 g/mol. The number of carbonyl (C=O) groups excluding carboxylic acids is 1. The SMILES string of the molecule is COP(=O)(OC)OC(C(=O)C(C)(C)C)(c1ccccc1)C(F)F. The zero-order valence-corrected chi connectivity index (χ0v) is 14.6. The van der Waals surface area contributed by atoms with Crippen LogP contribution in [0, 0.1) is 5.41 Å². The van der Waals surface area contributed by atoms with E-state index in [2.05, 4.69) is 9.05 Å². The standard InChI is InChI=1S/C15H21F2O5P/c1-14(2,3)12(18)15(13(16)17,11-9-7-6-8-10-11)22-23(19,20-4)21-5/h6-10,13H,1-5H3. The van der Waals surface area contributed by atoms with Gasteiger partial charge in [0.25, 0.3) is 6.43 Å². The average molecular weight is 350 g/mol. The molecule has 0 aromatic heterocycles. The van der Waals surface area contributed by atoms with Crippen LogP contribution in [0.2, 0.25) is 0 Å². The molecule has 0 saturated carbocycles. The van der Waals surface area contributed by atoms with E-state index in [1.54, 1.807) is 6.07 Å². The molecule has 23 heavy (non-hydrogen) atoms. The molecule has 1 aromatic rings. The number of hydrogen-bond donors (Lipinski definition) is 0. The smallest absolute Gasteiger partial charge is 0.295 e. The monoisotopic (exact) mass is 350 g/mol. The Labute approximate surface area is 134 Å². The second-order valence-corrected chi connectivity index (χ2v) is 7.69. The summed E-state index contributed by atoms with van der Waals surface area (Å²) in [6.07, 6.45) is -3.28. The van der Waals surface area contributed by atoms with Gasteiger partial charge in [0.05, 0.1) is 0 Å². The van der Waals surface area contributed by atoms with Crippen molar-refractivity contribution < 1.29 is 31.7 Å². The number of rotatable bonds is 7. The second-order valence-electron chi connectivity index (χ2n) is 5.89. The summed E-state index contributed by atoms with van der Waals surface area (Å²) < 4.78 is 54.7. The fourth-order valence-electron chi connectivity index (χ4n) is 2.06. The maximum absolute atomic E-state index is 14.0. The summed E-state index contributed by atoms with van der Waals surface area (Å²) in [6, 6.07) is 7.19. The van der Waals surface area contributed by atoms with Crippen LogP contribution in [0.1, 0.15) is 26.3 Å². The van der Waals surface area contributed by atoms with Crippen molar-refractivity contribution in [2.45, 2.75) is 32.8 Å². The van der Waals surface area contributed by atoms with Gasteiger partial charge >= 0.3 is 7.82 Å². The van der Waals surface area contributed by atoms with Crippen molar-refractivity contribution in [1.82, 2.24) is 0 Å². The molecular formula is C15H21F2O5P. The highest BCUT2D eigenvalue weighted by Crippen LogP contribution is 2.56.